The van der Waals surface area contributed by atoms with Gasteiger partial charge >= 0.3 is 12.1 Å². The summed E-state index contributed by atoms with van der Waals surface area (Å²) in [5.41, 5.74) is -0.205. The Morgan fingerprint density at radius 2 is 1.20 bits per heavy atom. The highest BCUT2D eigenvalue weighted by molar-refractivity contribution is 5.95. The molecule has 3 rings (SSSR count). The number of carbonyl (C=O) groups is 4. The summed E-state index contributed by atoms with van der Waals surface area (Å²) < 4.78 is 11.3. The summed E-state index contributed by atoms with van der Waals surface area (Å²) in [4.78, 5) is 58.4. The predicted molar refractivity (Wildman–Crippen MR) is 200 cm³/mol. The van der Waals surface area contributed by atoms with Gasteiger partial charge in [0, 0.05) is 23.9 Å². The first-order chi connectivity index (χ1) is 23.8. The van der Waals surface area contributed by atoms with Gasteiger partial charge in [-0.2, -0.15) is 0 Å². The predicted octanol–water partition coefficient (Wildman–Crippen LogP) is 6.93. The summed E-state index contributed by atoms with van der Waals surface area (Å²) in [6, 6.07) is 21.9. The van der Waals surface area contributed by atoms with Crippen LogP contribution in [-0.2, 0) is 36.7 Å². The average molecular weight is 696 g/mol. The van der Waals surface area contributed by atoms with E-state index >= 15 is 4.79 Å². The van der Waals surface area contributed by atoms with E-state index in [1.165, 1.54) is 4.90 Å². The van der Waals surface area contributed by atoms with E-state index in [-0.39, 0.29) is 12.8 Å². The minimum Gasteiger partial charge on any atom is -0.458 e. The summed E-state index contributed by atoms with van der Waals surface area (Å²) in [6.45, 7) is 16.1. The Hall–Kier alpha value is -5.10. The SMILES string of the molecule is C#Cc1ccccc1C(C(=O)NC(Cc1ccccc1)C(=O)OC(C)(C)C)N(C(=O)C(Cc1ccccc1)NC(=O)OC(C)(C)C)C(C)(C)CC. The number of benzene rings is 3. The zero-order valence-corrected chi connectivity index (χ0v) is 31.4. The molecule has 0 aromatic heterocycles. The van der Waals surface area contributed by atoms with Crippen LogP contribution in [0.3, 0.4) is 0 Å². The molecule has 0 fully saturated rings. The Morgan fingerprint density at radius 1 is 0.706 bits per heavy atom. The monoisotopic (exact) mass is 695 g/mol. The number of nitrogens with one attached hydrogen (secondary N) is 2. The van der Waals surface area contributed by atoms with Crippen molar-refractivity contribution < 1.29 is 28.7 Å². The number of carbonyl (C=O) groups excluding carboxylic acids is 4. The molecule has 3 atom stereocenters. The fourth-order valence-corrected chi connectivity index (χ4v) is 5.54. The first-order valence-electron chi connectivity index (χ1n) is 17.3. The lowest BCUT2D eigenvalue weighted by molar-refractivity contribution is -0.159. The van der Waals surface area contributed by atoms with E-state index < -0.39 is 58.7 Å². The molecule has 0 spiro atoms. The van der Waals surface area contributed by atoms with Crippen molar-refractivity contribution in [1.29, 1.82) is 0 Å². The summed E-state index contributed by atoms with van der Waals surface area (Å²) in [5, 5.41) is 5.73. The van der Waals surface area contributed by atoms with Crippen LogP contribution in [0.2, 0.25) is 0 Å². The van der Waals surface area contributed by atoms with E-state index in [0.717, 1.165) is 11.1 Å². The van der Waals surface area contributed by atoms with Crippen molar-refractivity contribution in [3.8, 4) is 12.3 Å². The molecule has 0 saturated heterocycles. The standard InChI is InChI=1S/C42H53N3O6/c1-11-31-25-19-20-26-32(31)35(36(46)43-34(38(48)50-40(3,4)5)28-30-23-17-14-18-24-30)45(42(9,10)12-2)37(47)33(27-29-21-15-13-16-22-29)44-39(49)51-41(6,7)8/h1,13-26,33-35H,12,27-28H2,2-10H3,(H,43,46)(H,44,49). The van der Waals surface area contributed by atoms with Crippen LogP contribution in [-0.4, -0.2) is 57.6 Å². The van der Waals surface area contributed by atoms with Gasteiger partial charge in [0.2, 0.25) is 11.8 Å². The number of hydrogen-bond acceptors (Lipinski definition) is 6. The van der Waals surface area contributed by atoms with Crippen molar-refractivity contribution >= 4 is 23.9 Å². The molecule has 0 bridgehead atoms. The van der Waals surface area contributed by atoms with E-state index in [4.69, 9.17) is 15.9 Å². The Labute approximate surface area is 303 Å². The minimum atomic E-state index is -1.31. The lowest BCUT2D eigenvalue weighted by atomic mass is 9.89. The molecule has 51 heavy (non-hydrogen) atoms. The molecule has 3 unspecified atom stereocenters. The van der Waals surface area contributed by atoms with Crippen LogP contribution in [0.15, 0.2) is 84.9 Å². The second kappa shape index (κ2) is 17.2. The third-order valence-corrected chi connectivity index (χ3v) is 8.23. The van der Waals surface area contributed by atoms with Crippen molar-refractivity contribution in [3.05, 3.63) is 107 Å². The molecule has 3 aromatic rings. The molecule has 2 N–H and O–H groups in total. The molecule has 0 aliphatic carbocycles. The summed E-state index contributed by atoms with van der Waals surface area (Å²) >= 11 is 0. The van der Waals surface area contributed by atoms with Gasteiger partial charge < -0.3 is 25.0 Å². The quantitative estimate of drug-likeness (QED) is 0.148. The summed E-state index contributed by atoms with van der Waals surface area (Å²) in [7, 11) is 0. The van der Waals surface area contributed by atoms with Crippen molar-refractivity contribution in [3.63, 3.8) is 0 Å². The van der Waals surface area contributed by atoms with Gasteiger partial charge in [0.1, 0.15) is 29.3 Å². The van der Waals surface area contributed by atoms with E-state index in [1.54, 1.807) is 65.8 Å². The Bertz CT molecular complexity index is 1680. The van der Waals surface area contributed by atoms with Gasteiger partial charge in [-0.1, -0.05) is 91.7 Å². The van der Waals surface area contributed by atoms with Gasteiger partial charge in [0.25, 0.3) is 0 Å². The fraction of sp³-hybridized carbons (Fsp3) is 0.429. The molecular weight excluding hydrogens is 642 g/mol. The first kappa shape index (κ1) is 40.3. The Balaban J connectivity index is 2.21. The number of nitrogens with zero attached hydrogens (tertiary/aromatic N) is 1. The average Bonchev–Trinajstić information content (AvgIpc) is 3.05. The van der Waals surface area contributed by atoms with Crippen LogP contribution in [0.4, 0.5) is 4.79 Å². The maximum Gasteiger partial charge on any atom is 0.408 e. The number of alkyl carbamates (subject to hydrolysis) is 1. The first-order valence-corrected chi connectivity index (χ1v) is 17.3. The second-order valence-corrected chi connectivity index (χ2v) is 15.2. The molecule has 0 saturated carbocycles. The molecule has 3 aromatic carbocycles. The van der Waals surface area contributed by atoms with Crippen LogP contribution < -0.4 is 10.6 Å². The molecule has 9 heteroatoms. The zero-order valence-electron chi connectivity index (χ0n) is 31.4. The largest absolute Gasteiger partial charge is 0.458 e. The van der Waals surface area contributed by atoms with Gasteiger partial charge in [-0.15, -0.1) is 6.42 Å². The van der Waals surface area contributed by atoms with Crippen molar-refractivity contribution in [2.45, 2.75) is 116 Å². The van der Waals surface area contributed by atoms with Gasteiger partial charge in [0.15, 0.2) is 0 Å². The topological polar surface area (TPSA) is 114 Å². The number of hydrogen-bond donors (Lipinski definition) is 2. The summed E-state index contributed by atoms with van der Waals surface area (Å²) in [6.07, 6.45) is 5.91. The molecule has 3 amide bonds. The van der Waals surface area contributed by atoms with E-state index in [1.807, 2.05) is 81.4 Å². The normalized spacial score (nSPS) is 13.5. The number of ether oxygens (including phenoxy) is 2. The highest BCUT2D eigenvalue weighted by atomic mass is 16.6. The van der Waals surface area contributed by atoms with Crippen LogP contribution >= 0.6 is 0 Å². The highest BCUT2D eigenvalue weighted by Crippen LogP contribution is 2.34. The van der Waals surface area contributed by atoms with Crippen molar-refractivity contribution in [2.75, 3.05) is 0 Å². The second-order valence-electron chi connectivity index (χ2n) is 15.2. The Morgan fingerprint density at radius 3 is 1.69 bits per heavy atom. The van der Waals surface area contributed by atoms with E-state index in [0.29, 0.717) is 17.5 Å². The van der Waals surface area contributed by atoms with Gasteiger partial charge in [0.05, 0.1) is 0 Å². The zero-order chi connectivity index (χ0) is 38.0. The molecule has 0 radical (unpaired) electrons. The number of terminal acetylenes is 1. The highest BCUT2D eigenvalue weighted by Gasteiger charge is 2.45. The number of esters is 1. The molecule has 272 valence electrons. The van der Waals surface area contributed by atoms with Crippen LogP contribution in [0.5, 0.6) is 0 Å². The van der Waals surface area contributed by atoms with Crippen molar-refractivity contribution in [1.82, 2.24) is 15.5 Å². The maximum atomic E-state index is 15.1. The van der Waals surface area contributed by atoms with Crippen LogP contribution in [0.25, 0.3) is 0 Å². The lowest BCUT2D eigenvalue weighted by Gasteiger charge is -2.45. The van der Waals surface area contributed by atoms with Gasteiger partial charge in [-0.3, -0.25) is 9.59 Å². The molecule has 0 heterocycles. The van der Waals surface area contributed by atoms with Gasteiger partial charge in [-0.25, -0.2) is 9.59 Å². The van der Waals surface area contributed by atoms with Gasteiger partial charge in [-0.05, 0) is 84.6 Å². The van der Waals surface area contributed by atoms with E-state index in [2.05, 4.69) is 16.6 Å². The molecule has 0 aliphatic rings. The molecular formula is C42H53N3O6. The molecule has 9 nitrogen and oxygen atoms in total. The van der Waals surface area contributed by atoms with Crippen molar-refractivity contribution in [2.24, 2.45) is 0 Å². The lowest BCUT2D eigenvalue weighted by Crippen LogP contribution is -2.61. The maximum absolute atomic E-state index is 15.1. The molecule has 0 aliphatic heterocycles. The van der Waals surface area contributed by atoms with Crippen LogP contribution in [0, 0.1) is 12.3 Å². The number of amides is 3. The van der Waals surface area contributed by atoms with E-state index in [9.17, 15) is 14.4 Å². The summed E-state index contributed by atoms with van der Waals surface area (Å²) in [5.74, 6) is 0.891. The number of rotatable bonds is 13. The third kappa shape index (κ3) is 12.0. The van der Waals surface area contributed by atoms with Crippen LogP contribution in [0.1, 0.15) is 97.0 Å². The smallest absolute Gasteiger partial charge is 0.408 e. The fourth-order valence-electron chi connectivity index (χ4n) is 5.54. The Kier molecular flexibility index (Phi) is 13.6. The minimum absolute atomic E-state index is 0.120. The third-order valence-electron chi connectivity index (χ3n) is 8.23.